The largest absolute Gasteiger partial charge is 0.326 e. The van der Waals surface area contributed by atoms with Crippen molar-refractivity contribution in [2.75, 3.05) is 10.8 Å². The molecule has 0 aliphatic carbocycles. The van der Waals surface area contributed by atoms with Crippen LogP contribution < -0.4 is 9.03 Å². The third-order valence-electron chi connectivity index (χ3n) is 7.83. The van der Waals surface area contributed by atoms with Gasteiger partial charge in [0.2, 0.25) is 0 Å². The predicted molar refractivity (Wildman–Crippen MR) is 187 cm³/mol. The highest BCUT2D eigenvalue weighted by Crippen LogP contribution is 2.31. The summed E-state index contributed by atoms with van der Waals surface area (Å²) in [6.45, 7) is 6.86. The average Bonchev–Trinajstić information content (AvgIpc) is 3.54. The Labute approximate surface area is 279 Å². The Morgan fingerprint density at radius 2 is 1.52 bits per heavy atom. The second kappa shape index (κ2) is 12.4. The molecule has 1 N–H and O–H groups in total. The monoisotopic (exact) mass is 670 g/mol. The Balaban J connectivity index is 1.27. The van der Waals surface area contributed by atoms with E-state index in [1.165, 1.54) is 11.1 Å². The normalized spacial score (nSPS) is 14.6. The lowest BCUT2D eigenvalue weighted by atomic mass is 9.86. The molecule has 10 heteroatoms. The summed E-state index contributed by atoms with van der Waals surface area (Å²) in [7, 11) is -3.87. The summed E-state index contributed by atoms with van der Waals surface area (Å²) in [5.41, 5.74) is 7.52. The number of benzene rings is 4. The van der Waals surface area contributed by atoms with Crippen LogP contribution in [0.2, 0.25) is 10.0 Å². The predicted octanol–water partition coefficient (Wildman–Crippen LogP) is 8.22. The summed E-state index contributed by atoms with van der Waals surface area (Å²) in [6, 6.07) is 29.5. The number of hydrogen-bond acceptors (Lipinski definition) is 4. The van der Waals surface area contributed by atoms with Gasteiger partial charge in [0.05, 0.1) is 16.4 Å². The van der Waals surface area contributed by atoms with Crippen molar-refractivity contribution >= 4 is 57.2 Å². The van der Waals surface area contributed by atoms with E-state index in [0.717, 1.165) is 26.6 Å². The Kier molecular flexibility index (Phi) is 8.55. The van der Waals surface area contributed by atoms with Crippen LogP contribution in [0, 0.1) is 0 Å². The minimum absolute atomic E-state index is 0.108. The lowest BCUT2D eigenvalue weighted by molar-refractivity contribution is -0.117. The third kappa shape index (κ3) is 6.89. The maximum atomic E-state index is 12.3. The zero-order valence-electron chi connectivity index (χ0n) is 25.5. The summed E-state index contributed by atoms with van der Waals surface area (Å²) in [6.07, 6.45) is 5.91. The zero-order chi connectivity index (χ0) is 32.6. The van der Waals surface area contributed by atoms with Crippen molar-refractivity contribution in [3.05, 3.63) is 130 Å². The van der Waals surface area contributed by atoms with E-state index in [0.29, 0.717) is 33.8 Å². The van der Waals surface area contributed by atoms with Gasteiger partial charge in [-0.2, -0.15) is 8.42 Å². The van der Waals surface area contributed by atoms with Crippen LogP contribution >= 0.6 is 23.2 Å². The Bertz CT molecular complexity index is 2050. The van der Waals surface area contributed by atoms with E-state index in [1.807, 2.05) is 45.8 Å². The van der Waals surface area contributed by atoms with Crippen molar-refractivity contribution in [1.29, 1.82) is 0 Å². The average molecular weight is 672 g/mol. The number of imidazole rings is 1. The van der Waals surface area contributed by atoms with Crippen LogP contribution in [-0.2, 0) is 27.0 Å². The van der Waals surface area contributed by atoms with E-state index in [9.17, 15) is 13.2 Å². The number of carbonyl (C=O) groups excluding carboxylic acids is 1. The highest BCUT2D eigenvalue weighted by Gasteiger charge is 2.33. The lowest BCUT2D eigenvalue weighted by Crippen LogP contribution is -2.29. The molecule has 0 unspecified atom stereocenters. The van der Waals surface area contributed by atoms with Crippen molar-refractivity contribution < 1.29 is 13.2 Å². The molecule has 7 nitrogen and oxygen atoms in total. The molecule has 234 valence electrons. The maximum Gasteiger partial charge on any atom is 0.326 e. The molecule has 1 amide bonds. The van der Waals surface area contributed by atoms with Gasteiger partial charge in [0.1, 0.15) is 12.4 Å². The molecule has 1 fully saturated rings. The first-order chi connectivity index (χ1) is 21.9. The second-order valence-corrected chi connectivity index (χ2v) is 14.7. The molecule has 2 heterocycles. The van der Waals surface area contributed by atoms with Crippen LogP contribution in [0.4, 0.5) is 5.69 Å². The summed E-state index contributed by atoms with van der Waals surface area (Å²) >= 11 is 12.7. The molecule has 4 aromatic carbocycles. The molecule has 0 radical (unpaired) electrons. The Hall–Kier alpha value is -4.37. The molecule has 0 atom stereocenters. The summed E-state index contributed by atoms with van der Waals surface area (Å²) < 4.78 is 29.6. The van der Waals surface area contributed by atoms with Gasteiger partial charge in [-0.15, -0.1) is 0 Å². The number of rotatable bonds is 7. The number of amides is 1. The van der Waals surface area contributed by atoms with E-state index in [1.54, 1.807) is 24.3 Å². The smallest absolute Gasteiger partial charge is 0.326 e. The van der Waals surface area contributed by atoms with Crippen LogP contribution in [0.15, 0.2) is 97.2 Å². The highest BCUT2D eigenvalue weighted by molar-refractivity contribution is 7.92. The third-order valence-corrected chi connectivity index (χ3v) is 9.79. The van der Waals surface area contributed by atoms with Gasteiger partial charge < -0.3 is 4.57 Å². The van der Waals surface area contributed by atoms with Crippen molar-refractivity contribution in [2.45, 2.75) is 32.7 Å². The van der Waals surface area contributed by atoms with E-state index < -0.39 is 16.1 Å². The zero-order valence-corrected chi connectivity index (χ0v) is 27.9. The van der Waals surface area contributed by atoms with E-state index >= 15 is 0 Å². The second-order valence-electron chi connectivity index (χ2n) is 12.2. The number of halogens is 2. The maximum absolute atomic E-state index is 12.3. The van der Waals surface area contributed by atoms with E-state index in [4.69, 9.17) is 28.2 Å². The number of aromatic nitrogens is 2. The summed E-state index contributed by atoms with van der Waals surface area (Å²) in [5.74, 6) is 0.153. The summed E-state index contributed by atoms with van der Waals surface area (Å²) in [4.78, 5) is 16.6. The fraction of sp³-hybridized carbons (Fsp3) is 0.167. The van der Waals surface area contributed by atoms with Crippen molar-refractivity contribution in [1.82, 2.24) is 14.3 Å². The standard InChI is InChI=1S/C36H32Cl2N4O3S/c1-36(2,3)28-13-11-27(12-14-28)26-9-4-24(5-10-26)8-19-34-39-33(31-18-15-29(37)20-32(31)38)22-41(34)21-25-6-16-30(17-7-25)42-23-35(43)40-46(42,44)45/h4-20,22H,21,23H2,1-3H3,(H,40,43). The van der Waals surface area contributed by atoms with E-state index in [-0.39, 0.29) is 12.0 Å². The molecular weight excluding hydrogens is 639 g/mol. The first-order valence-corrected chi connectivity index (χ1v) is 16.9. The number of anilines is 1. The van der Waals surface area contributed by atoms with Gasteiger partial charge in [0.25, 0.3) is 5.91 Å². The van der Waals surface area contributed by atoms with Crippen LogP contribution in [0.3, 0.4) is 0 Å². The molecule has 5 aromatic rings. The van der Waals surface area contributed by atoms with Gasteiger partial charge in [-0.05, 0) is 69.6 Å². The molecule has 6 rings (SSSR count). The molecule has 46 heavy (non-hydrogen) atoms. The quantitative estimate of drug-likeness (QED) is 0.189. The van der Waals surface area contributed by atoms with Gasteiger partial charge in [-0.25, -0.2) is 14.0 Å². The minimum atomic E-state index is -3.87. The molecule has 1 saturated heterocycles. The fourth-order valence-corrected chi connectivity index (χ4v) is 6.93. The Morgan fingerprint density at radius 1 is 0.870 bits per heavy atom. The van der Waals surface area contributed by atoms with Gasteiger partial charge >= 0.3 is 10.2 Å². The van der Waals surface area contributed by atoms with Crippen LogP contribution in [0.25, 0.3) is 34.5 Å². The molecule has 1 aromatic heterocycles. The topological polar surface area (TPSA) is 84.3 Å². The van der Waals surface area contributed by atoms with Gasteiger partial charge in [0.15, 0.2) is 0 Å². The molecule has 0 saturated carbocycles. The van der Waals surface area contributed by atoms with E-state index in [2.05, 4.69) is 69.3 Å². The van der Waals surface area contributed by atoms with Gasteiger partial charge in [-0.3, -0.25) is 4.79 Å². The lowest BCUT2D eigenvalue weighted by Gasteiger charge is -2.19. The molecule has 0 spiro atoms. The summed E-state index contributed by atoms with van der Waals surface area (Å²) in [5, 5.41) is 1.04. The minimum Gasteiger partial charge on any atom is -0.326 e. The van der Waals surface area contributed by atoms with Crippen molar-refractivity contribution in [2.24, 2.45) is 0 Å². The molecular formula is C36H32Cl2N4O3S. The van der Waals surface area contributed by atoms with Crippen LogP contribution in [0.1, 0.15) is 43.3 Å². The number of nitrogens with one attached hydrogen (secondary N) is 1. The van der Waals surface area contributed by atoms with Crippen LogP contribution in [-0.4, -0.2) is 30.4 Å². The number of nitrogens with zero attached hydrogens (tertiary/aromatic N) is 3. The highest BCUT2D eigenvalue weighted by atomic mass is 35.5. The molecule has 1 aliphatic rings. The number of carbonyl (C=O) groups is 1. The van der Waals surface area contributed by atoms with Gasteiger partial charge in [-0.1, -0.05) is 111 Å². The molecule has 1 aliphatic heterocycles. The van der Waals surface area contributed by atoms with Crippen molar-refractivity contribution in [3.8, 4) is 22.4 Å². The van der Waals surface area contributed by atoms with Gasteiger partial charge in [0, 0.05) is 23.3 Å². The first kappa shape index (κ1) is 31.6. The molecule has 0 bridgehead atoms. The van der Waals surface area contributed by atoms with Crippen LogP contribution in [0.5, 0.6) is 0 Å². The SMILES string of the molecule is CC(C)(C)c1ccc(-c2ccc(C=Cc3nc(-c4ccc(Cl)cc4Cl)cn3Cc3ccc(N4CC(=O)NS4(=O)=O)cc3)cc2)cc1. The number of hydrogen-bond donors (Lipinski definition) is 1. The Morgan fingerprint density at radius 3 is 2.11 bits per heavy atom. The van der Waals surface area contributed by atoms with Crippen molar-refractivity contribution in [3.63, 3.8) is 0 Å². The first-order valence-electron chi connectivity index (χ1n) is 14.7. The fourth-order valence-electron chi connectivity index (χ4n) is 5.28.